The lowest BCUT2D eigenvalue weighted by Gasteiger charge is -2.40. The Morgan fingerprint density at radius 2 is 1.56 bits per heavy atom. The maximum atomic E-state index is 12.4. The van der Waals surface area contributed by atoms with E-state index in [0.717, 1.165) is 11.1 Å². The van der Waals surface area contributed by atoms with Gasteiger partial charge in [-0.2, -0.15) is 0 Å². The van der Waals surface area contributed by atoms with Crippen molar-refractivity contribution >= 4 is 0 Å². The number of aliphatic hydroxyl groups excluding tert-OH is 1. The number of hydrogen-bond acceptors (Lipinski definition) is 6. The lowest BCUT2D eigenvalue weighted by Crippen LogP contribution is -2.52. The van der Waals surface area contributed by atoms with Crippen LogP contribution in [0, 0.1) is 0 Å². The first-order valence-corrected chi connectivity index (χ1v) is 10.5. The fourth-order valence-corrected chi connectivity index (χ4v) is 5.42. The van der Waals surface area contributed by atoms with Gasteiger partial charge in [0.25, 0.3) is 0 Å². The number of aliphatic hydroxyl groups is 2. The predicted octanol–water partition coefficient (Wildman–Crippen LogP) is 3.74. The average molecular weight is 434 g/mol. The molecule has 166 valence electrons. The molecular weight excluding hydrogens is 408 g/mol. The molecule has 1 fully saturated rings. The highest BCUT2D eigenvalue weighted by Crippen LogP contribution is 2.68. The predicted molar refractivity (Wildman–Crippen MR) is 119 cm³/mol. The summed E-state index contributed by atoms with van der Waals surface area (Å²) < 4.78 is 23.1. The van der Waals surface area contributed by atoms with Crippen LogP contribution in [0.25, 0.3) is 0 Å². The van der Waals surface area contributed by atoms with Gasteiger partial charge >= 0.3 is 0 Å². The van der Waals surface area contributed by atoms with Crippen molar-refractivity contribution in [2.24, 2.45) is 0 Å². The zero-order valence-electron chi connectivity index (χ0n) is 18.2. The summed E-state index contributed by atoms with van der Waals surface area (Å²) in [4.78, 5) is 0. The van der Waals surface area contributed by atoms with E-state index in [-0.39, 0.29) is 5.92 Å². The molecule has 6 heteroatoms. The highest BCUT2D eigenvalue weighted by Gasteiger charge is 2.73. The van der Waals surface area contributed by atoms with E-state index in [4.69, 9.17) is 18.9 Å². The summed E-state index contributed by atoms with van der Waals surface area (Å²) in [5.74, 6) is 1.75. The van der Waals surface area contributed by atoms with Crippen molar-refractivity contribution < 1.29 is 29.2 Å². The first-order chi connectivity index (χ1) is 15.5. The van der Waals surface area contributed by atoms with E-state index >= 15 is 0 Å². The van der Waals surface area contributed by atoms with Gasteiger partial charge in [0.15, 0.2) is 11.2 Å². The Labute approximate surface area is 186 Å². The largest absolute Gasteiger partial charge is 0.497 e. The monoisotopic (exact) mass is 434 g/mol. The highest BCUT2D eigenvalue weighted by molar-refractivity contribution is 5.62. The number of ether oxygens (including phenoxy) is 4. The molecule has 0 spiro atoms. The summed E-state index contributed by atoms with van der Waals surface area (Å²) in [7, 11) is 4.70. The minimum absolute atomic E-state index is 0.319. The highest BCUT2D eigenvalue weighted by atomic mass is 16.5. The van der Waals surface area contributed by atoms with Crippen molar-refractivity contribution in [2.75, 3.05) is 21.3 Å². The summed E-state index contributed by atoms with van der Waals surface area (Å²) in [6.07, 6.45) is -0.764. The van der Waals surface area contributed by atoms with E-state index < -0.39 is 17.3 Å². The second-order valence-electron chi connectivity index (χ2n) is 8.25. The summed E-state index contributed by atoms with van der Waals surface area (Å²) in [5, 5.41) is 23.7. The molecule has 1 aliphatic carbocycles. The number of fused-ring (bicyclic) bond motifs is 3. The molecule has 3 aromatic rings. The molecule has 1 heterocycles. The molecule has 0 saturated heterocycles. The molecule has 6 nitrogen and oxygen atoms in total. The van der Waals surface area contributed by atoms with Crippen LogP contribution in [-0.2, 0) is 11.2 Å². The normalized spacial score (nSPS) is 27.9. The molecule has 2 aliphatic rings. The molecule has 3 aromatic carbocycles. The molecule has 0 aromatic heterocycles. The standard InChI is InChI=1S/C26H26O6/c1-29-18-11-9-17(10-12-18)26-20(16-7-5-4-6-8-16)15-23(27)25(26,28)24-21(31-3)13-19(30-2)14-22(24)32-26/h4-14,20,23,27-28H,15H2,1-3H3/t20-,23-,25-,26+/m0/s1. The van der Waals surface area contributed by atoms with Gasteiger partial charge in [0.05, 0.1) is 33.0 Å². The van der Waals surface area contributed by atoms with E-state index in [1.54, 1.807) is 26.4 Å². The zero-order valence-corrected chi connectivity index (χ0v) is 18.2. The Balaban J connectivity index is 1.80. The molecule has 1 aliphatic heterocycles. The molecule has 2 N–H and O–H groups in total. The molecular formula is C26H26O6. The van der Waals surface area contributed by atoms with E-state index in [2.05, 4.69) is 0 Å². The van der Waals surface area contributed by atoms with Gasteiger partial charge in [-0.3, -0.25) is 0 Å². The van der Waals surface area contributed by atoms with Crippen molar-refractivity contribution in [3.05, 3.63) is 83.4 Å². The van der Waals surface area contributed by atoms with E-state index in [9.17, 15) is 10.2 Å². The average Bonchev–Trinajstić information content (AvgIpc) is 3.24. The van der Waals surface area contributed by atoms with E-state index in [0.29, 0.717) is 35.0 Å². The lowest BCUT2D eigenvalue weighted by molar-refractivity contribution is -0.150. The summed E-state index contributed by atoms with van der Waals surface area (Å²) in [6, 6.07) is 20.7. The van der Waals surface area contributed by atoms with Gasteiger partial charge in [0.2, 0.25) is 0 Å². The van der Waals surface area contributed by atoms with Crippen molar-refractivity contribution in [1.82, 2.24) is 0 Å². The third kappa shape index (κ3) is 2.60. The molecule has 0 amide bonds. The van der Waals surface area contributed by atoms with Gasteiger partial charge in [-0.15, -0.1) is 0 Å². The van der Waals surface area contributed by atoms with Gasteiger partial charge in [-0.05, 0) is 29.7 Å². The fourth-order valence-electron chi connectivity index (χ4n) is 5.42. The minimum Gasteiger partial charge on any atom is -0.497 e. The molecule has 0 radical (unpaired) electrons. The third-order valence-electron chi connectivity index (χ3n) is 6.87. The molecule has 32 heavy (non-hydrogen) atoms. The van der Waals surface area contributed by atoms with Crippen LogP contribution in [0.4, 0.5) is 0 Å². The first kappa shape index (κ1) is 20.7. The van der Waals surface area contributed by atoms with Crippen LogP contribution in [0.1, 0.15) is 29.0 Å². The Morgan fingerprint density at radius 1 is 0.875 bits per heavy atom. The molecule has 0 bridgehead atoms. The number of methoxy groups -OCH3 is 3. The summed E-state index contributed by atoms with van der Waals surface area (Å²) in [6.45, 7) is 0. The maximum absolute atomic E-state index is 12.4. The Hall–Kier alpha value is -3.22. The quantitative estimate of drug-likeness (QED) is 0.637. The van der Waals surface area contributed by atoms with Gasteiger partial charge in [-0.25, -0.2) is 0 Å². The molecule has 0 unspecified atom stereocenters. The zero-order chi connectivity index (χ0) is 22.5. The third-order valence-corrected chi connectivity index (χ3v) is 6.87. The minimum atomic E-state index is -1.74. The smallest absolute Gasteiger partial charge is 0.176 e. The number of benzene rings is 3. The van der Waals surface area contributed by atoms with Crippen molar-refractivity contribution in [3.8, 4) is 23.0 Å². The van der Waals surface area contributed by atoms with Crippen LogP contribution >= 0.6 is 0 Å². The van der Waals surface area contributed by atoms with Crippen LogP contribution in [0.5, 0.6) is 23.0 Å². The van der Waals surface area contributed by atoms with Crippen LogP contribution < -0.4 is 18.9 Å². The first-order valence-electron chi connectivity index (χ1n) is 10.5. The van der Waals surface area contributed by atoms with E-state index in [1.165, 1.54) is 7.11 Å². The van der Waals surface area contributed by atoms with Gasteiger partial charge in [0, 0.05) is 18.1 Å². The number of rotatable bonds is 5. The fraction of sp³-hybridized carbons (Fsp3) is 0.308. The van der Waals surface area contributed by atoms with Gasteiger partial charge < -0.3 is 29.2 Å². The van der Waals surface area contributed by atoms with E-state index in [1.807, 2.05) is 54.6 Å². The Kier molecular flexibility index (Phi) is 4.80. The van der Waals surface area contributed by atoms with Crippen LogP contribution in [0.3, 0.4) is 0 Å². The molecule has 4 atom stereocenters. The summed E-state index contributed by atoms with van der Waals surface area (Å²) in [5.41, 5.74) is -0.875. The van der Waals surface area contributed by atoms with Crippen LogP contribution in [0.2, 0.25) is 0 Å². The summed E-state index contributed by atoms with van der Waals surface area (Å²) >= 11 is 0. The van der Waals surface area contributed by atoms with Gasteiger partial charge in [-0.1, -0.05) is 42.5 Å². The van der Waals surface area contributed by atoms with Crippen molar-refractivity contribution in [3.63, 3.8) is 0 Å². The second-order valence-corrected chi connectivity index (χ2v) is 8.25. The Morgan fingerprint density at radius 3 is 2.19 bits per heavy atom. The Bertz CT molecular complexity index is 1130. The number of hydrogen-bond donors (Lipinski definition) is 2. The van der Waals surface area contributed by atoms with Crippen molar-refractivity contribution in [1.29, 1.82) is 0 Å². The van der Waals surface area contributed by atoms with Crippen LogP contribution in [0.15, 0.2) is 66.7 Å². The lowest BCUT2D eigenvalue weighted by atomic mass is 9.71. The van der Waals surface area contributed by atoms with Crippen molar-refractivity contribution in [2.45, 2.75) is 29.6 Å². The topological polar surface area (TPSA) is 77.4 Å². The maximum Gasteiger partial charge on any atom is 0.176 e. The molecule has 5 rings (SSSR count). The van der Waals surface area contributed by atoms with Gasteiger partial charge in [0.1, 0.15) is 23.0 Å². The second kappa shape index (κ2) is 7.43. The molecule has 1 saturated carbocycles. The SMILES string of the molecule is COc1ccc([C@]23Oc4cc(OC)cc(OC)c4[C@@]2(O)[C@@H](O)C[C@H]3c2ccccc2)cc1. The van der Waals surface area contributed by atoms with Crippen LogP contribution in [-0.4, -0.2) is 37.6 Å².